The van der Waals surface area contributed by atoms with Gasteiger partial charge in [-0.3, -0.25) is 0 Å². The van der Waals surface area contributed by atoms with Crippen LogP contribution in [0.1, 0.15) is 32.3 Å². The Bertz CT molecular complexity index is 256. The van der Waals surface area contributed by atoms with Gasteiger partial charge in [-0.05, 0) is 31.0 Å². The van der Waals surface area contributed by atoms with E-state index in [2.05, 4.69) is 19.2 Å². The summed E-state index contributed by atoms with van der Waals surface area (Å²) in [4.78, 5) is 0. The molecule has 0 bridgehead atoms. The van der Waals surface area contributed by atoms with E-state index in [1.54, 1.807) is 12.1 Å². The highest BCUT2D eigenvalue weighted by atomic mass is 16.3. The number of nitrogens with one attached hydrogen (secondary N) is 1. The Kier molecular flexibility index (Phi) is 4.47. The lowest BCUT2D eigenvalue weighted by Gasteiger charge is -2.12. The Labute approximate surface area is 86.0 Å². The first-order valence-corrected chi connectivity index (χ1v) is 5.23. The van der Waals surface area contributed by atoms with Crippen LogP contribution in [0, 0.1) is 0 Å². The van der Waals surface area contributed by atoms with Crippen LogP contribution in [0.15, 0.2) is 24.3 Å². The maximum atomic E-state index is 9.10. The van der Waals surface area contributed by atoms with Crippen LogP contribution in [0.4, 0.5) is 0 Å². The third kappa shape index (κ3) is 3.79. The summed E-state index contributed by atoms with van der Waals surface area (Å²) in [5.74, 6) is 0.329. The molecule has 2 heteroatoms. The van der Waals surface area contributed by atoms with E-state index in [1.165, 1.54) is 18.4 Å². The molecule has 0 saturated heterocycles. The minimum Gasteiger partial charge on any atom is -0.508 e. The Morgan fingerprint density at radius 3 is 2.50 bits per heavy atom. The smallest absolute Gasteiger partial charge is 0.115 e. The Balaban J connectivity index is 2.34. The molecular weight excluding hydrogens is 174 g/mol. The van der Waals surface area contributed by atoms with Gasteiger partial charge in [-0.25, -0.2) is 0 Å². The van der Waals surface area contributed by atoms with Gasteiger partial charge in [0.15, 0.2) is 0 Å². The number of rotatable bonds is 5. The van der Waals surface area contributed by atoms with Gasteiger partial charge < -0.3 is 10.4 Å². The quantitative estimate of drug-likeness (QED) is 0.753. The third-order valence-corrected chi connectivity index (χ3v) is 2.31. The van der Waals surface area contributed by atoms with E-state index < -0.39 is 0 Å². The van der Waals surface area contributed by atoms with Crippen LogP contribution in [-0.4, -0.2) is 11.1 Å². The Morgan fingerprint density at radius 1 is 1.29 bits per heavy atom. The maximum Gasteiger partial charge on any atom is 0.115 e. The molecule has 0 radical (unpaired) electrons. The van der Waals surface area contributed by atoms with Crippen molar-refractivity contribution in [2.75, 3.05) is 0 Å². The fourth-order valence-corrected chi connectivity index (χ4v) is 1.44. The minimum absolute atomic E-state index is 0.329. The summed E-state index contributed by atoms with van der Waals surface area (Å²) < 4.78 is 0. The van der Waals surface area contributed by atoms with Crippen LogP contribution < -0.4 is 5.32 Å². The van der Waals surface area contributed by atoms with Gasteiger partial charge >= 0.3 is 0 Å². The lowest BCUT2D eigenvalue weighted by atomic mass is 10.1. The molecular formula is C12H19NO. The number of hydrogen-bond donors (Lipinski definition) is 2. The first-order valence-electron chi connectivity index (χ1n) is 5.23. The van der Waals surface area contributed by atoms with E-state index >= 15 is 0 Å². The molecule has 0 aliphatic heterocycles. The van der Waals surface area contributed by atoms with E-state index in [-0.39, 0.29) is 0 Å². The fraction of sp³-hybridized carbons (Fsp3) is 0.500. The molecule has 2 N–H and O–H groups in total. The molecule has 1 unspecified atom stereocenters. The topological polar surface area (TPSA) is 32.3 Å². The molecule has 0 aliphatic carbocycles. The van der Waals surface area contributed by atoms with Crippen LogP contribution in [0.3, 0.4) is 0 Å². The zero-order valence-electron chi connectivity index (χ0n) is 8.96. The van der Waals surface area contributed by atoms with Crippen LogP contribution >= 0.6 is 0 Å². The first kappa shape index (κ1) is 11.1. The summed E-state index contributed by atoms with van der Waals surface area (Å²) in [5, 5.41) is 12.5. The van der Waals surface area contributed by atoms with Gasteiger partial charge in [0.25, 0.3) is 0 Å². The highest BCUT2D eigenvalue weighted by molar-refractivity contribution is 5.25. The molecule has 0 aliphatic rings. The summed E-state index contributed by atoms with van der Waals surface area (Å²) >= 11 is 0. The van der Waals surface area contributed by atoms with E-state index in [0.717, 1.165) is 6.54 Å². The van der Waals surface area contributed by atoms with Gasteiger partial charge in [0.1, 0.15) is 5.75 Å². The Hall–Kier alpha value is -1.02. The molecule has 0 amide bonds. The van der Waals surface area contributed by atoms with Crippen molar-refractivity contribution in [2.45, 2.75) is 39.3 Å². The van der Waals surface area contributed by atoms with Crippen LogP contribution in [0.2, 0.25) is 0 Å². The second-order valence-electron chi connectivity index (χ2n) is 3.74. The van der Waals surface area contributed by atoms with E-state index in [1.807, 2.05) is 12.1 Å². The van der Waals surface area contributed by atoms with Gasteiger partial charge in [-0.2, -0.15) is 0 Å². The average molecular weight is 193 g/mol. The van der Waals surface area contributed by atoms with Crippen molar-refractivity contribution < 1.29 is 5.11 Å². The van der Waals surface area contributed by atoms with E-state index in [0.29, 0.717) is 11.8 Å². The molecule has 1 aromatic carbocycles. The molecule has 0 aromatic heterocycles. The summed E-state index contributed by atoms with van der Waals surface area (Å²) in [6, 6.07) is 7.90. The van der Waals surface area contributed by atoms with Gasteiger partial charge in [-0.1, -0.05) is 25.5 Å². The molecule has 2 nitrogen and oxygen atoms in total. The number of phenols is 1. The molecule has 0 fully saturated rings. The van der Waals surface area contributed by atoms with Crippen LogP contribution in [0.25, 0.3) is 0 Å². The molecule has 0 saturated carbocycles. The molecule has 0 spiro atoms. The summed E-state index contributed by atoms with van der Waals surface area (Å²) in [7, 11) is 0. The molecule has 1 atom stereocenters. The van der Waals surface area contributed by atoms with Gasteiger partial charge in [-0.15, -0.1) is 0 Å². The van der Waals surface area contributed by atoms with Crippen molar-refractivity contribution >= 4 is 0 Å². The Morgan fingerprint density at radius 2 is 1.93 bits per heavy atom. The van der Waals surface area contributed by atoms with Crippen molar-refractivity contribution in [3.8, 4) is 5.75 Å². The highest BCUT2D eigenvalue weighted by Crippen LogP contribution is 2.09. The van der Waals surface area contributed by atoms with Crippen molar-refractivity contribution in [3.05, 3.63) is 29.8 Å². The largest absolute Gasteiger partial charge is 0.508 e. The van der Waals surface area contributed by atoms with E-state index in [4.69, 9.17) is 5.11 Å². The molecule has 14 heavy (non-hydrogen) atoms. The SMILES string of the molecule is CCCC(C)NCc1ccc(O)cc1. The monoisotopic (exact) mass is 193 g/mol. The molecule has 78 valence electrons. The number of phenolic OH excluding ortho intramolecular Hbond substituents is 1. The maximum absolute atomic E-state index is 9.10. The fourth-order valence-electron chi connectivity index (χ4n) is 1.44. The lowest BCUT2D eigenvalue weighted by Crippen LogP contribution is -2.24. The van der Waals surface area contributed by atoms with Crippen molar-refractivity contribution in [2.24, 2.45) is 0 Å². The van der Waals surface area contributed by atoms with Gasteiger partial charge in [0.2, 0.25) is 0 Å². The number of hydrogen-bond acceptors (Lipinski definition) is 2. The summed E-state index contributed by atoms with van der Waals surface area (Å²) in [6.07, 6.45) is 2.42. The van der Waals surface area contributed by atoms with Gasteiger partial charge in [0.05, 0.1) is 0 Å². The zero-order valence-corrected chi connectivity index (χ0v) is 8.96. The second kappa shape index (κ2) is 5.66. The predicted molar refractivity (Wildman–Crippen MR) is 59.3 cm³/mol. The second-order valence-corrected chi connectivity index (χ2v) is 3.74. The minimum atomic E-state index is 0.329. The first-order chi connectivity index (χ1) is 6.72. The van der Waals surface area contributed by atoms with Crippen molar-refractivity contribution in [1.29, 1.82) is 0 Å². The molecule has 1 aromatic rings. The van der Waals surface area contributed by atoms with Crippen molar-refractivity contribution in [1.82, 2.24) is 5.32 Å². The summed E-state index contributed by atoms with van der Waals surface area (Å²) in [6.45, 7) is 5.27. The van der Waals surface area contributed by atoms with Crippen LogP contribution in [0.5, 0.6) is 5.75 Å². The zero-order chi connectivity index (χ0) is 10.4. The predicted octanol–water partition coefficient (Wildman–Crippen LogP) is 2.67. The lowest BCUT2D eigenvalue weighted by molar-refractivity contribution is 0.474. The average Bonchev–Trinajstić information content (AvgIpc) is 2.17. The number of aromatic hydroxyl groups is 1. The van der Waals surface area contributed by atoms with Crippen molar-refractivity contribution in [3.63, 3.8) is 0 Å². The highest BCUT2D eigenvalue weighted by Gasteiger charge is 1.99. The summed E-state index contributed by atoms with van der Waals surface area (Å²) in [5.41, 5.74) is 1.21. The normalized spacial score (nSPS) is 12.7. The van der Waals surface area contributed by atoms with Gasteiger partial charge in [0, 0.05) is 12.6 Å². The molecule has 0 heterocycles. The number of benzene rings is 1. The van der Waals surface area contributed by atoms with Crippen LogP contribution in [-0.2, 0) is 6.54 Å². The standard InChI is InChI=1S/C12H19NO/c1-3-4-10(2)13-9-11-5-7-12(14)8-6-11/h5-8,10,13-14H,3-4,9H2,1-2H3. The third-order valence-electron chi connectivity index (χ3n) is 2.31. The van der Waals surface area contributed by atoms with E-state index in [9.17, 15) is 0 Å². The molecule has 1 rings (SSSR count).